The third kappa shape index (κ3) is 11.5. The third-order valence-electron chi connectivity index (χ3n) is 12.5. The molecule has 2 aliphatic rings. The highest BCUT2D eigenvalue weighted by Crippen LogP contribution is 2.55. The Morgan fingerprint density at radius 1 is 0.955 bits per heavy atom. The zero-order valence-corrected chi connectivity index (χ0v) is 40.5. The minimum atomic E-state index is -0.922. The number of nitriles is 1. The lowest BCUT2D eigenvalue weighted by atomic mass is 9.49. The molecule has 1 aliphatic carbocycles. The van der Waals surface area contributed by atoms with Crippen LogP contribution >= 0.6 is 22.9 Å². The van der Waals surface area contributed by atoms with Gasteiger partial charge in [-0.2, -0.15) is 5.26 Å². The van der Waals surface area contributed by atoms with E-state index in [9.17, 15) is 29.2 Å². The molecule has 1 saturated carbocycles. The number of hydrogen-bond acceptors (Lipinski definition) is 10. The number of benzene rings is 3. The molecule has 1 saturated heterocycles. The second-order valence-corrected chi connectivity index (χ2v) is 20.6. The fourth-order valence-corrected chi connectivity index (χ4v) is 10.2. The van der Waals surface area contributed by atoms with Gasteiger partial charge in [0.1, 0.15) is 35.8 Å². The molecule has 0 unspecified atom stereocenters. The summed E-state index contributed by atoms with van der Waals surface area (Å²) in [6.45, 7) is 16.3. The Hall–Kier alpha value is -5.98. The average Bonchev–Trinajstić information content (AvgIpc) is 3.96. The summed E-state index contributed by atoms with van der Waals surface area (Å²) in [5.74, 6) is -0.583. The third-order valence-corrected chi connectivity index (χ3v) is 13.8. The lowest BCUT2D eigenvalue weighted by Crippen LogP contribution is -2.74. The fraction of sp³-hybridized carbons (Fsp3) is 0.460. The lowest BCUT2D eigenvalue weighted by Gasteiger charge is -2.63. The number of hydrogen-bond donors (Lipinski definition) is 4. The summed E-state index contributed by atoms with van der Waals surface area (Å²) in [5, 5.41) is 21.1. The average molecular weight is 939 g/mol. The van der Waals surface area contributed by atoms with E-state index in [0.29, 0.717) is 60.0 Å². The number of nitrogens with one attached hydrogen (secondary N) is 4. The van der Waals surface area contributed by atoms with Crippen LogP contribution in [0.2, 0.25) is 5.02 Å². The maximum Gasteiger partial charge on any atom is 0.251 e. The first kappa shape index (κ1) is 49.5. The summed E-state index contributed by atoms with van der Waals surface area (Å²) in [6, 6.07) is 20.0. The molecule has 0 spiro atoms. The molecule has 16 heteroatoms. The van der Waals surface area contributed by atoms with Gasteiger partial charge in [0.05, 0.1) is 39.8 Å². The summed E-state index contributed by atoms with van der Waals surface area (Å²) in [4.78, 5) is 73.5. The van der Waals surface area contributed by atoms with Crippen LogP contribution in [0, 0.1) is 34.5 Å². The van der Waals surface area contributed by atoms with Crippen molar-refractivity contribution in [3.8, 4) is 28.0 Å². The summed E-state index contributed by atoms with van der Waals surface area (Å²) in [5.41, 5.74) is 4.13. The Balaban J connectivity index is 0.903. The molecule has 2 heterocycles. The molecule has 1 aromatic heterocycles. The first-order valence-electron chi connectivity index (χ1n) is 22.2. The Kier molecular flexibility index (Phi) is 15.5. The van der Waals surface area contributed by atoms with Crippen molar-refractivity contribution in [3.05, 3.63) is 99.6 Å². The monoisotopic (exact) mass is 937 g/mol. The van der Waals surface area contributed by atoms with Crippen molar-refractivity contribution in [1.29, 1.82) is 5.26 Å². The highest BCUT2D eigenvalue weighted by Gasteiger charge is 2.64. The molecule has 350 valence electrons. The molecule has 3 aromatic carbocycles. The molecule has 0 radical (unpaired) electrons. The molecule has 4 N–H and O–H groups in total. The Morgan fingerprint density at radius 2 is 1.64 bits per heavy atom. The Labute approximate surface area is 396 Å². The van der Waals surface area contributed by atoms with Crippen molar-refractivity contribution >= 4 is 52.5 Å². The normalized spacial score (nSPS) is 18.8. The van der Waals surface area contributed by atoms with Crippen molar-refractivity contribution < 1.29 is 33.4 Å². The molecule has 66 heavy (non-hydrogen) atoms. The standard InChI is InChI=1S/C50H60ClN7O7S/c1-30-41(66-29-55-30)32-15-13-31(14-16-32)27-54-44(62)38-11-9-23-58(38)45(63)42(48(2,3)4)56-40(60)28-53-39(59)12-10-24-64-35-20-17-33(18-21-35)43(61)57-46-49(5,6)47(50(46,7)8)65-36-22-19-34(26-52)37(51)25-36/h13-22,25,29,38,42,46-47H,9-12,23-24,27-28H2,1-8H3,(H,53,59)(H,54,62)(H,56,60)(H,57,61)/t38-,42+,46-,47-/m0/s1. The predicted octanol–water partition coefficient (Wildman–Crippen LogP) is 7.37. The van der Waals surface area contributed by atoms with E-state index in [0.717, 1.165) is 21.7 Å². The second-order valence-electron chi connectivity index (χ2n) is 19.3. The van der Waals surface area contributed by atoms with Gasteiger partial charge in [-0.25, -0.2) is 4.98 Å². The van der Waals surface area contributed by atoms with Crippen LogP contribution in [-0.2, 0) is 25.7 Å². The molecule has 2 fully saturated rings. The summed E-state index contributed by atoms with van der Waals surface area (Å²) < 4.78 is 12.2. The summed E-state index contributed by atoms with van der Waals surface area (Å²) in [7, 11) is 0. The highest BCUT2D eigenvalue weighted by atomic mass is 35.5. The van der Waals surface area contributed by atoms with Crippen molar-refractivity contribution in [1.82, 2.24) is 31.2 Å². The predicted molar refractivity (Wildman–Crippen MR) is 254 cm³/mol. The molecular formula is C50H60ClN7O7S. The molecule has 1 aliphatic heterocycles. The number of carbonyl (C=O) groups excluding carboxylic acids is 5. The number of thiazole rings is 1. The van der Waals surface area contributed by atoms with Crippen LogP contribution in [0.5, 0.6) is 11.5 Å². The van der Waals surface area contributed by atoms with Gasteiger partial charge in [-0.1, -0.05) is 84.3 Å². The van der Waals surface area contributed by atoms with Crippen LogP contribution < -0.4 is 30.7 Å². The van der Waals surface area contributed by atoms with Crippen LogP contribution in [0.1, 0.15) is 101 Å². The van der Waals surface area contributed by atoms with E-state index in [4.69, 9.17) is 21.1 Å². The fourth-order valence-electron chi connectivity index (χ4n) is 9.19. The van der Waals surface area contributed by atoms with Crippen LogP contribution in [0.4, 0.5) is 0 Å². The van der Waals surface area contributed by atoms with Gasteiger partial charge in [-0.3, -0.25) is 24.0 Å². The van der Waals surface area contributed by atoms with E-state index < -0.39 is 34.2 Å². The van der Waals surface area contributed by atoms with Gasteiger partial charge in [-0.05, 0) is 79.1 Å². The molecule has 0 bridgehead atoms. The molecule has 4 aromatic rings. The number of aryl methyl sites for hydroxylation is 1. The smallest absolute Gasteiger partial charge is 0.251 e. The molecule has 2 atom stereocenters. The molecular weight excluding hydrogens is 878 g/mol. The number of nitrogens with zero attached hydrogens (tertiary/aromatic N) is 3. The SMILES string of the molecule is Cc1ncsc1-c1ccc(CNC(=O)[C@@H]2CCCN2C(=O)[C@@H](NC(=O)CNC(=O)CCCOc2ccc(C(=O)N[C@H]3C(C)(C)[C@H](Oc4ccc(C#N)c(Cl)c4)C3(C)C)cc2)C(C)(C)C)cc1. The minimum absolute atomic E-state index is 0.103. The second kappa shape index (κ2) is 20.7. The van der Waals surface area contributed by atoms with Gasteiger partial charge in [0.15, 0.2) is 0 Å². The number of ether oxygens (including phenoxy) is 2. The number of aromatic nitrogens is 1. The van der Waals surface area contributed by atoms with E-state index in [1.165, 1.54) is 0 Å². The van der Waals surface area contributed by atoms with Crippen molar-refractivity contribution in [2.24, 2.45) is 16.2 Å². The van der Waals surface area contributed by atoms with E-state index in [-0.39, 0.29) is 55.3 Å². The summed E-state index contributed by atoms with van der Waals surface area (Å²) in [6.07, 6.45) is 1.42. The zero-order chi connectivity index (χ0) is 48.0. The topological polar surface area (TPSA) is 192 Å². The van der Waals surface area contributed by atoms with Crippen LogP contribution in [-0.4, -0.2) is 83.3 Å². The van der Waals surface area contributed by atoms with Crippen molar-refractivity contribution in [2.75, 3.05) is 19.7 Å². The van der Waals surface area contributed by atoms with Gasteiger partial charge in [0, 0.05) is 48.0 Å². The van der Waals surface area contributed by atoms with Crippen molar-refractivity contribution in [2.45, 2.75) is 112 Å². The summed E-state index contributed by atoms with van der Waals surface area (Å²) >= 11 is 7.81. The number of amides is 5. The van der Waals surface area contributed by atoms with Gasteiger partial charge < -0.3 is 35.6 Å². The molecule has 5 amide bonds. The minimum Gasteiger partial charge on any atom is -0.494 e. The lowest BCUT2D eigenvalue weighted by molar-refractivity contribution is -0.164. The Bertz CT molecular complexity index is 2440. The van der Waals surface area contributed by atoms with E-state index in [1.807, 2.05) is 91.2 Å². The van der Waals surface area contributed by atoms with Crippen LogP contribution in [0.15, 0.2) is 72.2 Å². The van der Waals surface area contributed by atoms with Crippen LogP contribution in [0.3, 0.4) is 0 Å². The van der Waals surface area contributed by atoms with E-state index in [2.05, 4.69) is 26.3 Å². The first-order chi connectivity index (χ1) is 31.2. The van der Waals surface area contributed by atoms with Crippen LogP contribution in [0.25, 0.3) is 10.4 Å². The van der Waals surface area contributed by atoms with Gasteiger partial charge in [-0.15, -0.1) is 11.3 Å². The largest absolute Gasteiger partial charge is 0.494 e. The maximum absolute atomic E-state index is 14.0. The quantitative estimate of drug-likeness (QED) is 0.0783. The van der Waals surface area contributed by atoms with E-state index in [1.54, 1.807) is 58.7 Å². The highest BCUT2D eigenvalue weighted by molar-refractivity contribution is 7.13. The maximum atomic E-state index is 14.0. The van der Waals surface area contributed by atoms with E-state index >= 15 is 0 Å². The number of halogens is 1. The van der Waals surface area contributed by atoms with Gasteiger partial charge >= 0.3 is 0 Å². The number of likely N-dealkylation sites (tertiary alicyclic amines) is 1. The molecule has 14 nitrogen and oxygen atoms in total. The van der Waals surface area contributed by atoms with Crippen molar-refractivity contribution in [3.63, 3.8) is 0 Å². The number of carbonyl (C=O) groups is 5. The Morgan fingerprint density at radius 3 is 2.26 bits per heavy atom. The molecule has 6 rings (SSSR count). The van der Waals surface area contributed by atoms with Gasteiger partial charge in [0.2, 0.25) is 23.6 Å². The zero-order valence-electron chi connectivity index (χ0n) is 38.9. The number of rotatable bonds is 17. The van der Waals surface area contributed by atoms with Gasteiger partial charge in [0.25, 0.3) is 5.91 Å². The first-order valence-corrected chi connectivity index (χ1v) is 23.5.